The highest BCUT2D eigenvalue weighted by Gasteiger charge is 2.42. The van der Waals surface area contributed by atoms with Crippen LogP contribution >= 0.6 is 15.9 Å². The molecule has 1 atom stereocenters. The van der Waals surface area contributed by atoms with Gasteiger partial charge in [-0.15, -0.1) is 0 Å². The van der Waals surface area contributed by atoms with E-state index in [0.717, 1.165) is 31.3 Å². The van der Waals surface area contributed by atoms with E-state index in [1.807, 2.05) is 0 Å². The van der Waals surface area contributed by atoms with E-state index in [9.17, 15) is 4.79 Å². The molecule has 1 unspecified atom stereocenters. The highest BCUT2D eigenvalue weighted by atomic mass is 79.9. The lowest BCUT2D eigenvalue weighted by molar-refractivity contribution is -0.130. The van der Waals surface area contributed by atoms with Crippen molar-refractivity contribution in [3.8, 4) is 0 Å². The number of carbonyl (C=O) groups is 1. The Hall–Kier alpha value is -0.0900. The minimum atomic E-state index is -0.180. The van der Waals surface area contributed by atoms with Gasteiger partial charge in [-0.3, -0.25) is 4.79 Å². The van der Waals surface area contributed by atoms with Crippen LogP contribution in [0.2, 0.25) is 0 Å². The summed E-state index contributed by atoms with van der Waals surface area (Å²) in [5, 5.41) is 3.98. The van der Waals surface area contributed by atoms with Gasteiger partial charge in [0.1, 0.15) is 6.10 Å². The normalized spacial score (nSPS) is 28.8. The molecule has 2 aliphatic rings. The molecule has 3 nitrogen and oxygen atoms in total. The summed E-state index contributed by atoms with van der Waals surface area (Å²) in [7, 11) is 0. The molecule has 1 heterocycles. The highest BCUT2D eigenvalue weighted by Crippen LogP contribution is 2.46. The van der Waals surface area contributed by atoms with Crippen LogP contribution in [0.3, 0.4) is 0 Å². The first kappa shape index (κ1) is 10.4. The van der Waals surface area contributed by atoms with E-state index in [2.05, 4.69) is 21.2 Å². The van der Waals surface area contributed by atoms with Gasteiger partial charge in [0.15, 0.2) is 0 Å². The topological polar surface area (TPSA) is 38.3 Å². The Morgan fingerprint density at radius 1 is 1.57 bits per heavy atom. The van der Waals surface area contributed by atoms with Gasteiger partial charge in [0.25, 0.3) is 0 Å². The van der Waals surface area contributed by atoms with Crippen molar-refractivity contribution >= 4 is 21.8 Å². The third-order valence-electron chi connectivity index (χ3n) is 3.10. The van der Waals surface area contributed by atoms with Crippen molar-refractivity contribution in [1.82, 2.24) is 5.32 Å². The molecular weight excluding hydrogens is 246 g/mol. The molecule has 0 aromatic carbocycles. The molecule has 0 aromatic heterocycles. The molecule has 2 fully saturated rings. The number of ether oxygens (including phenoxy) is 1. The summed E-state index contributed by atoms with van der Waals surface area (Å²) in [5.74, 6) is 0.0784. The van der Waals surface area contributed by atoms with Gasteiger partial charge >= 0.3 is 0 Å². The monoisotopic (exact) mass is 261 g/mol. The Morgan fingerprint density at radius 2 is 2.36 bits per heavy atom. The summed E-state index contributed by atoms with van der Waals surface area (Å²) in [6.07, 6.45) is 4.17. The Morgan fingerprint density at radius 3 is 2.86 bits per heavy atom. The maximum absolute atomic E-state index is 11.6. The molecule has 14 heavy (non-hydrogen) atoms. The number of hydrogen-bond donors (Lipinski definition) is 1. The highest BCUT2D eigenvalue weighted by molar-refractivity contribution is 9.09. The molecule has 4 heteroatoms. The number of alkyl halides is 1. The SMILES string of the molecule is O=C(NCC1(CBr)CC1)C1CCCO1. The second kappa shape index (κ2) is 4.19. The first-order valence-corrected chi connectivity index (χ1v) is 6.33. The largest absolute Gasteiger partial charge is 0.368 e. The number of halogens is 1. The fraction of sp³-hybridized carbons (Fsp3) is 0.900. The zero-order chi connectivity index (χ0) is 10.0. The van der Waals surface area contributed by atoms with E-state index in [0.29, 0.717) is 5.41 Å². The van der Waals surface area contributed by atoms with Crippen LogP contribution in [0, 0.1) is 5.41 Å². The summed E-state index contributed by atoms with van der Waals surface area (Å²) in [6, 6.07) is 0. The van der Waals surface area contributed by atoms with Gasteiger partial charge in [-0.1, -0.05) is 15.9 Å². The van der Waals surface area contributed by atoms with Crippen LogP contribution in [-0.4, -0.2) is 30.5 Å². The molecule has 1 saturated heterocycles. The Balaban J connectivity index is 1.72. The molecule has 0 bridgehead atoms. The quantitative estimate of drug-likeness (QED) is 0.779. The van der Waals surface area contributed by atoms with Gasteiger partial charge in [0, 0.05) is 18.5 Å². The number of hydrogen-bond acceptors (Lipinski definition) is 2. The van der Waals surface area contributed by atoms with Crippen molar-refractivity contribution < 1.29 is 9.53 Å². The van der Waals surface area contributed by atoms with Crippen molar-refractivity contribution in [2.24, 2.45) is 5.41 Å². The maximum Gasteiger partial charge on any atom is 0.249 e. The molecule has 0 spiro atoms. The molecule has 1 aliphatic carbocycles. The second-order valence-corrected chi connectivity index (χ2v) is 4.91. The summed E-state index contributed by atoms with van der Waals surface area (Å²) < 4.78 is 5.31. The Labute approximate surface area is 92.7 Å². The van der Waals surface area contributed by atoms with Crippen LogP contribution in [0.1, 0.15) is 25.7 Å². The van der Waals surface area contributed by atoms with Gasteiger partial charge in [-0.25, -0.2) is 0 Å². The molecule has 1 amide bonds. The summed E-state index contributed by atoms with van der Waals surface area (Å²) in [4.78, 5) is 11.6. The number of rotatable bonds is 4. The molecular formula is C10H16BrNO2. The van der Waals surface area contributed by atoms with Gasteiger partial charge < -0.3 is 10.1 Å². The van der Waals surface area contributed by atoms with Crippen LogP contribution in [-0.2, 0) is 9.53 Å². The van der Waals surface area contributed by atoms with E-state index in [-0.39, 0.29) is 12.0 Å². The number of amides is 1. The molecule has 0 radical (unpaired) electrons. The Kier molecular flexibility index (Phi) is 3.12. The maximum atomic E-state index is 11.6. The minimum absolute atomic E-state index is 0.0784. The van der Waals surface area contributed by atoms with Gasteiger partial charge in [-0.05, 0) is 31.1 Å². The average molecular weight is 262 g/mol. The van der Waals surface area contributed by atoms with E-state index < -0.39 is 0 Å². The predicted octanol–water partition coefficient (Wildman–Crippen LogP) is 1.46. The number of carbonyl (C=O) groups excluding carboxylic acids is 1. The van der Waals surface area contributed by atoms with Crippen LogP contribution < -0.4 is 5.32 Å². The third kappa shape index (κ3) is 2.28. The van der Waals surface area contributed by atoms with Crippen molar-refractivity contribution in [1.29, 1.82) is 0 Å². The first-order chi connectivity index (χ1) is 6.76. The molecule has 2 rings (SSSR count). The summed E-state index contributed by atoms with van der Waals surface area (Å²) in [6.45, 7) is 1.54. The average Bonchev–Trinajstić information content (AvgIpc) is 2.78. The fourth-order valence-corrected chi connectivity index (χ4v) is 2.47. The number of nitrogens with one attached hydrogen (secondary N) is 1. The van der Waals surface area contributed by atoms with E-state index in [1.165, 1.54) is 12.8 Å². The van der Waals surface area contributed by atoms with Crippen LogP contribution in [0.25, 0.3) is 0 Å². The van der Waals surface area contributed by atoms with Crippen LogP contribution in [0.4, 0.5) is 0 Å². The third-order valence-corrected chi connectivity index (χ3v) is 4.29. The zero-order valence-corrected chi connectivity index (χ0v) is 9.81. The van der Waals surface area contributed by atoms with E-state index in [4.69, 9.17) is 4.74 Å². The Bertz CT molecular complexity index is 222. The zero-order valence-electron chi connectivity index (χ0n) is 8.22. The molecule has 0 aromatic rings. The fourth-order valence-electron chi connectivity index (χ4n) is 1.71. The van der Waals surface area contributed by atoms with Gasteiger partial charge in [-0.2, -0.15) is 0 Å². The van der Waals surface area contributed by atoms with E-state index >= 15 is 0 Å². The lowest BCUT2D eigenvalue weighted by Crippen LogP contribution is -2.38. The van der Waals surface area contributed by atoms with Crippen molar-refractivity contribution in [2.45, 2.75) is 31.8 Å². The smallest absolute Gasteiger partial charge is 0.249 e. The lowest BCUT2D eigenvalue weighted by Gasteiger charge is -2.15. The first-order valence-electron chi connectivity index (χ1n) is 5.21. The summed E-state index contributed by atoms with van der Waals surface area (Å²) in [5.41, 5.74) is 0.355. The molecule has 80 valence electrons. The van der Waals surface area contributed by atoms with Gasteiger partial charge in [0.2, 0.25) is 5.91 Å². The molecule has 1 saturated carbocycles. The minimum Gasteiger partial charge on any atom is -0.368 e. The van der Waals surface area contributed by atoms with Crippen molar-refractivity contribution in [3.05, 3.63) is 0 Å². The van der Waals surface area contributed by atoms with Crippen molar-refractivity contribution in [2.75, 3.05) is 18.5 Å². The van der Waals surface area contributed by atoms with E-state index in [1.54, 1.807) is 0 Å². The predicted molar refractivity (Wildman–Crippen MR) is 57.4 cm³/mol. The van der Waals surface area contributed by atoms with Crippen molar-refractivity contribution in [3.63, 3.8) is 0 Å². The van der Waals surface area contributed by atoms with Gasteiger partial charge in [0.05, 0.1) is 0 Å². The molecule has 1 aliphatic heterocycles. The second-order valence-electron chi connectivity index (χ2n) is 4.35. The van der Waals surface area contributed by atoms with Crippen LogP contribution in [0.15, 0.2) is 0 Å². The molecule has 1 N–H and O–H groups in total. The lowest BCUT2D eigenvalue weighted by atomic mass is 10.1. The van der Waals surface area contributed by atoms with Crippen LogP contribution in [0.5, 0.6) is 0 Å². The standard InChI is InChI=1S/C10H16BrNO2/c11-6-10(3-4-10)7-12-9(13)8-2-1-5-14-8/h8H,1-7H2,(H,12,13). The summed E-state index contributed by atoms with van der Waals surface area (Å²) >= 11 is 3.48.